The summed E-state index contributed by atoms with van der Waals surface area (Å²) in [6, 6.07) is 6.23. The average Bonchev–Trinajstić information content (AvgIpc) is 3.04. The quantitative estimate of drug-likeness (QED) is 0.603. The number of fused-ring (bicyclic) bond motifs is 1. The van der Waals surface area contributed by atoms with E-state index in [0.29, 0.717) is 11.4 Å². The lowest BCUT2D eigenvalue weighted by molar-refractivity contribution is -0.118. The largest absolute Gasteiger partial charge is 0.335 e. The Balaban J connectivity index is 0.00000109. The van der Waals surface area contributed by atoms with Gasteiger partial charge in [0.05, 0.1) is 11.0 Å². The molecule has 1 aliphatic heterocycles. The lowest BCUT2D eigenvalue weighted by Crippen LogP contribution is -2.38. The van der Waals surface area contributed by atoms with Gasteiger partial charge in [0.1, 0.15) is 6.04 Å². The Morgan fingerprint density at radius 2 is 1.96 bits per heavy atom. The molecule has 0 radical (unpaired) electrons. The van der Waals surface area contributed by atoms with Crippen molar-refractivity contribution in [2.45, 2.75) is 31.7 Å². The molecule has 1 aliphatic rings. The minimum Gasteiger partial charge on any atom is -0.301 e. The zero-order valence-electron chi connectivity index (χ0n) is 14.5. The number of halogens is 1. The number of benzene rings is 1. The van der Waals surface area contributed by atoms with Crippen LogP contribution in [-0.2, 0) is 11.8 Å². The van der Waals surface area contributed by atoms with Gasteiger partial charge in [-0.15, -0.1) is 0 Å². The number of nitrogens with zero attached hydrogens (tertiary/aromatic N) is 2. The summed E-state index contributed by atoms with van der Waals surface area (Å²) in [5, 5.41) is 0.237. The predicted octanol–water partition coefficient (Wildman–Crippen LogP) is 2.49. The fraction of sp³-hybridized carbons (Fsp3) is 0.353. The smallest absolute Gasteiger partial charge is 0.301 e. The number of carbonyl (C=O) groups is 1. The first-order chi connectivity index (χ1) is 11.9. The van der Waals surface area contributed by atoms with Crippen LogP contribution in [0.2, 0.25) is 0 Å². The molecule has 6 nitrogen and oxygen atoms in total. The number of nitrogens with one attached hydrogen (secondary N) is 1. The van der Waals surface area contributed by atoms with E-state index in [-0.39, 0.29) is 16.7 Å². The third kappa shape index (κ3) is 3.65. The third-order valence-corrected chi connectivity index (χ3v) is 5.36. The summed E-state index contributed by atoms with van der Waals surface area (Å²) in [7, 11) is 1.62. The molecule has 8 heteroatoms. The maximum absolute atomic E-state index is 12.4. The summed E-state index contributed by atoms with van der Waals surface area (Å²) in [6.45, 7) is 5.71. The van der Waals surface area contributed by atoms with Crippen molar-refractivity contribution in [1.82, 2.24) is 13.9 Å². The summed E-state index contributed by atoms with van der Waals surface area (Å²) >= 11 is 4.55. The van der Waals surface area contributed by atoms with Crippen molar-refractivity contribution >= 4 is 33.7 Å². The minimum absolute atomic E-state index is 0.00226. The highest BCUT2D eigenvalue weighted by molar-refractivity contribution is 9.09. The first-order valence-electron chi connectivity index (χ1n) is 7.89. The average molecular weight is 426 g/mol. The molecule has 0 bridgehead atoms. The van der Waals surface area contributed by atoms with Crippen LogP contribution in [0.3, 0.4) is 0 Å². The SMILES string of the molecule is CC.Cc1cc(=O)n(-c2ccc3c(c2)C(C(=O)CBr)NS3)c(=O)n1C. The number of hydrogen-bond acceptors (Lipinski definition) is 5. The van der Waals surface area contributed by atoms with E-state index >= 15 is 0 Å². The van der Waals surface area contributed by atoms with Gasteiger partial charge in [-0.25, -0.2) is 14.1 Å². The Morgan fingerprint density at radius 1 is 1.28 bits per heavy atom. The monoisotopic (exact) mass is 425 g/mol. The normalized spacial score (nSPS) is 15.3. The Labute approximate surface area is 158 Å². The van der Waals surface area contributed by atoms with Crippen molar-refractivity contribution in [3.05, 3.63) is 56.4 Å². The number of Topliss-reactive ketones (excluding diaryl/α,β-unsaturated/α-hetero) is 1. The van der Waals surface area contributed by atoms with Gasteiger partial charge >= 0.3 is 5.69 Å². The highest BCUT2D eigenvalue weighted by atomic mass is 79.9. The maximum Gasteiger partial charge on any atom is 0.335 e. The van der Waals surface area contributed by atoms with Crippen LogP contribution in [-0.4, -0.2) is 20.2 Å². The van der Waals surface area contributed by atoms with Crippen molar-refractivity contribution in [3.8, 4) is 5.69 Å². The molecule has 1 N–H and O–H groups in total. The summed E-state index contributed by atoms with van der Waals surface area (Å²) in [6.07, 6.45) is 0. The van der Waals surface area contributed by atoms with Crippen LogP contribution < -0.4 is 16.0 Å². The molecule has 0 aliphatic carbocycles. The first-order valence-corrected chi connectivity index (χ1v) is 9.83. The van der Waals surface area contributed by atoms with E-state index < -0.39 is 11.7 Å². The molecule has 1 aromatic carbocycles. The van der Waals surface area contributed by atoms with Gasteiger partial charge in [-0.1, -0.05) is 29.8 Å². The van der Waals surface area contributed by atoms with Gasteiger partial charge in [0.25, 0.3) is 5.56 Å². The zero-order valence-corrected chi connectivity index (χ0v) is 16.9. The Kier molecular flexibility index (Phi) is 6.42. The van der Waals surface area contributed by atoms with E-state index in [1.165, 1.54) is 22.6 Å². The van der Waals surface area contributed by atoms with E-state index in [1.54, 1.807) is 26.1 Å². The molecule has 25 heavy (non-hydrogen) atoms. The first kappa shape index (κ1) is 19.7. The zero-order chi connectivity index (χ0) is 18.7. The second-order valence-electron chi connectivity index (χ2n) is 5.28. The number of aryl methyl sites for hydroxylation is 1. The van der Waals surface area contributed by atoms with E-state index in [4.69, 9.17) is 0 Å². The van der Waals surface area contributed by atoms with Crippen LogP contribution in [0.25, 0.3) is 5.69 Å². The van der Waals surface area contributed by atoms with Gasteiger partial charge < -0.3 is 4.57 Å². The van der Waals surface area contributed by atoms with E-state index in [1.807, 2.05) is 19.9 Å². The molecular weight excluding hydrogens is 406 g/mol. The highest BCUT2D eigenvalue weighted by Gasteiger charge is 2.28. The maximum atomic E-state index is 12.4. The van der Waals surface area contributed by atoms with Gasteiger partial charge in [-0.05, 0) is 42.6 Å². The fourth-order valence-electron chi connectivity index (χ4n) is 2.47. The molecule has 134 valence electrons. The second-order valence-corrected chi connectivity index (χ2v) is 6.72. The topological polar surface area (TPSA) is 73.1 Å². The van der Waals surface area contributed by atoms with Crippen LogP contribution in [0.4, 0.5) is 0 Å². The van der Waals surface area contributed by atoms with Crippen LogP contribution in [0.5, 0.6) is 0 Å². The summed E-state index contributed by atoms with van der Waals surface area (Å²) in [4.78, 5) is 37.6. The molecular formula is C17H20BrN3O3S. The van der Waals surface area contributed by atoms with E-state index in [0.717, 1.165) is 15.0 Å². The lowest BCUT2D eigenvalue weighted by atomic mass is 10.0. The molecule has 3 rings (SSSR count). The van der Waals surface area contributed by atoms with Crippen LogP contribution in [0.15, 0.2) is 38.8 Å². The number of ketones is 1. The summed E-state index contributed by atoms with van der Waals surface area (Å²) in [5.74, 6) is -0.00226. The second kappa shape index (κ2) is 8.16. The molecule has 1 atom stereocenters. The third-order valence-electron chi connectivity index (χ3n) is 3.86. The Morgan fingerprint density at radius 3 is 2.60 bits per heavy atom. The minimum atomic E-state index is -0.445. The van der Waals surface area contributed by atoms with Crippen molar-refractivity contribution < 1.29 is 4.79 Å². The fourth-order valence-corrected chi connectivity index (χ4v) is 3.73. The van der Waals surface area contributed by atoms with Gasteiger partial charge in [0, 0.05) is 23.7 Å². The van der Waals surface area contributed by atoms with Gasteiger partial charge in [0.2, 0.25) is 0 Å². The number of alkyl halides is 1. The molecule has 0 spiro atoms. The molecule has 1 aromatic heterocycles. The molecule has 0 amide bonds. The number of rotatable bonds is 3. The van der Waals surface area contributed by atoms with Crippen molar-refractivity contribution in [2.75, 3.05) is 5.33 Å². The molecule has 0 fully saturated rings. The van der Waals surface area contributed by atoms with Crippen molar-refractivity contribution in [1.29, 1.82) is 0 Å². The predicted molar refractivity (Wildman–Crippen MR) is 104 cm³/mol. The molecule has 0 saturated carbocycles. The summed E-state index contributed by atoms with van der Waals surface area (Å²) in [5.41, 5.74) is 1.06. The van der Waals surface area contributed by atoms with Gasteiger partial charge in [0.15, 0.2) is 5.78 Å². The standard InChI is InChI=1S/C15H14BrN3O3S.C2H6/c1-8-5-13(21)19(15(22)18(8)2)9-3-4-12-10(6-9)14(17-23-12)11(20)7-16;1-2/h3-6,14,17H,7H2,1-2H3;1-2H3. The lowest BCUT2D eigenvalue weighted by Gasteiger charge is -2.12. The van der Waals surface area contributed by atoms with Gasteiger partial charge in [-0.2, -0.15) is 0 Å². The number of carbonyl (C=O) groups excluding carboxylic acids is 1. The molecule has 1 unspecified atom stereocenters. The van der Waals surface area contributed by atoms with Crippen LogP contribution in [0.1, 0.15) is 31.1 Å². The van der Waals surface area contributed by atoms with Gasteiger partial charge in [-0.3, -0.25) is 9.59 Å². The Bertz CT molecular complexity index is 920. The van der Waals surface area contributed by atoms with Crippen molar-refractivity contribution in [3.63, 3.8) is 0 Å². The van der Waals surface area contributed by atoms with Crippen molar-refractivity contribution in [2.24, 2.45) is 7.05 Å². The molecule has 2 aromatic rings. The molecule has 2 heterocycles. The van der Waals surface area contributed by atoms with E-state index in [2.05, 4.69) is 20.7 Å². The van der Waals surface area contributed by atoms with Crippen LogP contribution in [0, 0.1) is 6.92 Å². The van der Waals surface area contributed by atoms with E-state index in [9.17, 15) is 14.4 Å². The highest BCUT2D eigenvalue weighted by Crippen LogP contribution is 2.36. The summed E-state index contributed by atoms with van der Waals surface area (Å²) < 4.78 is 5.60. The Hall–Kier alpha value is -1.64. The number of hydrogen-bond donors (Lipinski definition) is 1. The van der Waals surface area contributed by atoms with Crippen LogP contribution >= 0.6 is 27.9 Å². The molecule has 0 saturated heterocycles. The number of aromatic nitrogens is 2.